The van der Waals surface area contributed by atoms with Crippen LogP contribution in [0.1, 0.15) is 18.9 Å². The highest BCUT2D eigenvalue weighted by atomic mass is 16.7. The molecule has 0 aliphatic heterocycles. The molecule has 1 aromatic carbocycles. The van der Waals surface area contributed by atoms with Crippen molar-refractivity contribution in [3.8, 4) is 0 Å². The molecular weight excluding hydrogens is 244 g/mol. The highest BCUT2D eigenvalue weighted by Gasteiger charge is 2.07. The molecule has 0 aromatic heterocycles. The summed E-state index contributed by atoms with van der Waals surface area (Å²) in [6.45, 7) is 4.37. The van der Waals surface area contributed by atoms with Crippen LogP contribution >= 0.6 is 0 Å². The van der Waals surface area contributed by atoms with Crippen molar-refractivity contribution in [2.45, 2.75) is 26.6 Å². The van der Waals surface area contributed by atoms with E-state index in [-0.39, 0.29) is 12.2 Å². The number of methoxy groups -OCH3 is 2. The van der Waals surface area contributed by atoms with E-state index >= 15 is 0 Å². The number of hydrogen-bond acceptors (Lipinski definition) is 4. The van der Waals surface area contributed by atoms with Gasteiger partial charge in [-0.2, -0.15) is 0 Å². The van der Waals surface area contributed by atoms with Crippen LogP contribution in [0.4, 0.5) is 11.4 Å². The maximum atomic E-state index is 11.4. The summed E-state index contributed by atoms with van der Waals surface area (Å²) in [5.41, 5.74) is 2.83. The fourth-order valence-electron chi connectivity index (χ4n) is 1.60. The molecule has 1 aromatic rings. The van der Waals surface area contributed by atoms with E-state index in [1.165, 1.54) is 0 Å². The van der Waals surface area contributed by atoms with E-state index in [0.717, 1.165) is 16.9 Å². The predicted octanol–water partition coefficient (Wildman–Crippen LogP) is 2.37. The van der Waals surface area contributed by atoms with Gasteiger partial charge in [0.1, 0.15) is 0 Å². The molecule has 0 saturated heterocycles. The molecule has 0 fully saturated rings. The van der Waals surface area contributed by atoms with E-state index in [9.17, 15) is 4.79 Å². The summed E-state index contributed by atoms with van der Waals surface area (Å²) < 4.78 is 10.2. The third-order valence-corrected chi connectivity index (χ3v) is 2.83. The summed E-state index contributed by atoms with van der Waals surface area (Å²) in [7, 11) is 3.20. The standard InChI is InChI=1S/C14H22N2O3/c1-5-13(17)16-11-7-6-10(2)12(8-11)15-9-14(18-3)19-4/h6-8,14-15H,5,9H2,1-4H3,(H,16,17). The Morgan fingerprint density at radius 3 is 2.58 bits per heavy atom. The van der Waals surface area contributed by atoms with E-state index in [4.69, 9.17) is 9.47 Å². The van der Waals surface area contributed by atoms with Gasteiger partial charge in [0.05, 0.1) is 6.54 Å². The van der Waals surface area contributed by atoms with Gasteiger partial charge in [-0.05, 0) is 24.6 Å². The second-order valence-corrected chi connectivity index (χ2v) is 4.21. The number of rotatable bonds is 7. The Hall–Kier alpha value is -1.59. The number of anilines is 2. The van der Waals surface area contributed by atoms with Gasteiger partial charge in [-0.3, -0.25) is 4.79 Å². The first-order valence-electron chi connectivity index (χ1n) is 6.30. The van der Waals surface area contributed by atoms with Gasteiger partial charge in [-0.15, -0.1) is 0 Å². The van der Waals surface area contributed by atoms with Crippen molar-refractivity contribution in [3.63, 3.8) is 0 Å². The number of nitrogens with one attached hydrogen (secondary N) is 2. The molecule has 0 aliphatic carbocycles. The van der Waals surface area contributed by atoms with Crippen LogP contribution in [0.15, 0.2) is 18.2 Å². The molecule has 0 radical (unpaired) electrons. The van der Waals surface area contributed by atoms with Gasteiger partial charge >= 0.3 is 0 Å². The zero-order chi connectivity index (χ0) is 14.3. The van der Waals surface area contributed by atoms with Crippen molar-refractivity contribution >= 4 is 17.3 Å². The minimum Gasteiger partial charge on any atom is -0.380 e. The van der Waals surface area contributed by atoms with E-state index in [0.29, 0.717) is 13.0 Å². The van der Waals surface area contributed by atoms with Gasteiger partial charge in [0.15, 0.2) is 6.29 Å². The Bertz CT molecular complexity index is 417. The molecule has 0 saturated carbocycles. The lowest BCUT2D eigenvalue weighted by Crippen LogP contribution is -2.24. The maximum absolute atomic E-state index is 11.4. The van der Waals surface area contributed by atoms with Crippen molar-refractivity contribution in [1.29, 1.82) is 0 Å². The smallest absolute Gasteiger partial charge is 0.224 e. The number of aryl methyl sites for hydroxylation is 1. The topological polar surface area (TPSA) is 59.6 Å². The van der Waals surface area contributed by atoms with Gasteiger partial charge < -0.3 is 20.1 Å². The zero-order valence-electron chi connectivity index (χ0n) is 11.9. The molecule has 0 atom stereocenters. The van der Waals surface area contributed by atoms with Gasteiger partial charge in [-0.25, -0.2) is 0 Å². The zero-order valence-corrected chi connectivity index (χ0v) is 11.9. The molecule has 2 N–H and O–H groups in total. The summed E-state index contributed by atoms with van der Waals surface area (Å²) >= 11 is 0. The Balaban J connectivity index is 2.71. The number of carbonyl (C=O) groups excluding carboxylic acids is 1. The molecule has 1 amide bonds. The second-order valence-electron chi connectivity index (χ2n) is 4.21. The predicted molar refractivity (Wildman–Crippen MR) is 76.4 cm³/mol. The van der Waals surface area contributed by atoms with E-state index in [2.05, 4.69) is 10.6 Å². The summed E-state index contributed by atoms with van der Waals surface area (Å²) in [4.78, 5) is 11.4. The average molecular weight is 266 g/mol. The molecule has 0 spiro atoms. The van der Waals surface area contributed by atoms with Crippen molar-refractivity contribution in [3.05, 3.63) is 23.8 Å². The quantitative estimate of drug-likeness (QED) is 0.744. The molecule has 0 aliphatic rings. The van der Waals surface area contributed by atoms with E-state index < -0.39 is 0 Å². The fraction of sp³-hybridized carbons (Fsp3) is 0.500. The highest BCUT2D eigenvalue weighted by molar-refractivity contribution is 5.91. The third kappa shape index (κ3) is 4.89. The van der Waals surface area contributed by atoms with E-state index in [1.54, 1.807) is 14.2 Å². The normalized spacial score (nSPS) is 10.6. The molecule has 5 heteroatoms. The van der Waals surface area contributed by atoms with Gasteiger partial charge in [0, 0.05) is 32.0 Å². The van der Waals surface area contributed by atoms with Crippen molar-refractivity contribution in [2.24, 2.45) is 0 Å². The summed E-state index contributed by atoms with van der Waals surface area (Å²) in [5.74, 6) is 0.00135. The average Bonchev–Trinajstić information content (AvgIpc) is 2.43. The lowest BCUT2D eigenvalue weighted by Gasteiger charge is -2.17. The largest absolute Gasteiger partial charge is 0.380 e. The third-order valence-electron chi connectivity index (χ3n) is 2.83. The number of benzene rings is 1. The monoisotopic (exact) mass is 266 g/mol. The highest BCUT2D eigenvalue weighted by Crippen LogP contribution is 2.20. The van der Waals surface area contributed by atoms with Crippen LogP contribution in [0.5, 0.6) is 0 Å². The van der Waals surface area contributed by atoms with Crippen LogP contribution in [0.3, 0.4) is 0 Å². The van der Waals surface area contributed by atoms with E-state index in [1.807, 2.05) is 32.0 Å². The van der Waals surface area contributed by atoms with Crippen LogP contribution in [0.2, 0.25) is 0 Å². The number of carbonyl (C=O) groups is 1. The van der Waals surface area contributed by atoms with Crippen LogP contribution < -0.4 is 10.6 Å². The summed E-state index contributed by atoms with van der Waals surface area (Å²) in [6.07, 6.45) is 0.166. The first-order chi connectivity index (χ1) is 9.10. The summed E-state index contributed by atoms with van der Waals surface area (Å²) in [5, 5.41) is 6.08. The molecule has 106 valence electrons. The van der Waals surface area contributed by atoms with Crippen LogP contribution in [0, 0.1) is 6.92 Å². The molecule has 0 bridgehead atoms. The Labute approximate surface area is 114 Å². The van der Waals surface area contributed by atoms with Crippen LogP contribution in [0.25, 0.3) is 0 Å². The second kappa shape index (κ2) is 7.76. The minimum atomic E-state index is -0.298. The first kappa shape index (κ1) is 15.5. The van der Waals surface area contributed by atoms with Gasteiger partial charge in [0.2, 0.25) is 5.91 Å². The lowest BCUT2D eigenvalue weighted by atomic mass is 10.1. The van der Waals surface area contributed by atoms with Crippen molar-refractivity contribution in [2.75, 3.05) is 31.4 Å². The Kier molecular flexibility index (Phi) is 6.32. The maximum Gasteiger partial charge on any atom is 0.224 e. The molecule has 0 unspecified atom stereocenters. The number of hydrogen-bond donors (Lipinski definition) is 2. The minimum absolute atomic E-state index is 0.00135. The lowest BCUT2D eigenvalue weighted by molar-refractivity contribution is -0.115. The first-order valence-corrected chi connectivity index (χ1v) is 6.30. The van der Waals surface area contributed by atoms with Crippen molar-refractivity contribution in [1.82, 2.24) is 0 Å². The number of amides is 1. The molecular formula is C14H22N2O3. The molecule has 0 heterocycles. The van der Waals surface area contributed by atoms with Crippen LogP contribution in [-0.2, 0) is 14.3 Å². The van der Waals surface area contributed by atoms with Crippen LogP contribution in [-0.4, -0.2) is 33.0 Å². The van der Waals surface area contributed by atoms with Crippen molar-refractivity contribution < 1.29 is 14.3 Å². The molecule has 5 nitrogen and oxygen atoms in total. The molecule has 19 heavy (non-hydrogen) atoms. The Morgan fingerprint density at radius 2 is 2.00 bits per heavy atom. The van der Waals surface area contributed by atoms with Gasteiger partial charge in [-0.1, -0.05) is 13.0 Å². The molecule has 1 rings (SSSR count). The SMILES string of the molecule is CCC(=O)Nc1ccc(C)c(NCC(OC)OC)c1. The van der Waals surface area contributed by atoms with Gasteiger partial charge in [0.25, 0.3) is 0 Å². The summed E-state index contributed by atoms with van der Waals surface area (Å²) in [6, 6.07) is 5.76. The number of ether oxygens (including phenoxy) is 2. The fourth-order valence-corrected chi connectivity index (χ4v) is 1.60. The Morgan fingerprint density at radius 1 is 1.32 bits per heavy atom.